The number of aliphatic hydroxyl groups excluding tert-OH is 1. The summed E-state index contributed by atoms with van der Waals surface area (Å²) in [5, 5.41) is 12.3. The number of nitrogens with one attached hydrogen (secondary N) is 1. The Morgan fingerprint density at radius 2 is 1.75 bits per heavy atom. The average Bonchev–Trinajstić information content (AvgIpc) is 2.01. The van der Waals surface area contributed by atoms with Crippen molar-refractivity contribution in [3.05, 3.63) is 34.9 Å². The van der Waals surface area contributed by atoms with Gasteiger partial charge in [-0.1, -0.05) is 29.3 Å². The molecule has 0 bridgehead atoms. The first-order chi connectivity index (χ1) is 5.63. The lowest BCUT2D eigenvalue weighted by Gasteiger charge is -2.05. The molecule has 12 heavy (non-hydrogen) atoms. The smallest absolute Gasteiger partial charge is 0.191 e. The first-order valence-corrected chi connectivity index (χ1v) is 3.76. The van der Waals surface area contributed by atoms with Gasteiger partial charge in [0.2, 0.25) is 0 Å². The number of aryl methyl sites for hydroxylation is 2. The molecule has 0 spiro atoms. The van der Waals surface area contributed by atoms with Gasteiger partial charge in [-0.25, -0.2) is 5.53 Å². The Labute approximate surface area is 71.6 Å². The van der Waals surface area contributed by atoms with Crippen molar-refractivity contribution in [3.63, 3.8) is 0 Å². The third-order valence-corrected chi connectivity index (χ3v) is 1.66. The Morgan fingerprint density at radius 3 is 2.17 bits per heavy atom. The van der Waals surface area contributed by atoms with Crippen molar-refractivity contribution < 1.29 is 5.11 Å². The van der Waals surface area contributed by atoms with E-state index in [9.17, 15) is 5.11 Å². The van der Waals surface area contributed by atoms with E-state index in [-0.39, 0.29) is 0 Å². The summed E-state index contributed by atoms with van der Waals surface area (Å²) < 4.78 is 0. The molecule has 1 aromatic rings. The summed E-state index contributed by atoms with van der Waals surface area (Å²) in [6, 6.07) is 5.67. The Bertz CT molecular complexity index is 276. The van der Waals surface area contributed by atoms with Crippen LogP contribution < -0.4 is 0 Å². The molecule has 0 unspecified atom stereocenters. The molecule has 0 amide bonds. The van der Waals surface area contributed by atoms with E-state index in [1.165, 1.54) is 0 Å². The zero-order valence-corrected chi connectivity index (χ0v) is 7.20. The van der Waals surface area contributed by atoms with Gasteiger partial charge < -0.3 is 5.11 Å². The van der Waals surface area contributed by atoms with Crippen LogP contribution >= 0.6 is 0 Å². The summed E-state index contributed by atoms with van der Waals surface area (Å²) in [7, 11) is 0. The summed E-state index contributed by atoms with van der Waals surface area (Å²) in [6.07, 6.45) is -1.01. The summed E-state index contributed by atoms with van der Waals surface area (Å²) in [6.45, 7) is 3.90. The first-order valence-electron chi connectivity index (χ1n) is 3.76. The van der Waals surface area contributed by atoms with Crippen molar-refractivity contribution in [1.82, 2.24) is 0 Å². The maximum Gasteiger partial charge on any atom is 0.191 e. The molecule has 1 rings (SSSR count). The van der Waals surface area contributed by atoms with E-state index >= 15 is 0 Å². The van der Waals surface area contributed by atoms with Crippen LogP contribution in [0.25, 0.3) is 0 Å². The van der Waals surface area contributed by atoms with E-state index in [2.05, 4.69) is 5.11 Å². The van der Waals surface area contributed by atoms with Crippen LogP contribution in [-0.2, 0) is 0 Å². The van der Waals surface area contributed by atoms with Crippen molar-refractivity contribution in [2.75, 3.05) is 0 Å². The van der Waals surface area contributed by atoms with Crippen molar-refractivity contribution in [1.29, 1.82) is 5.53 Å². The van der Waals surface area contributed by atoms with E-state index in [1.807, 2.05) is 32.0 Å². The summed E-state index contributed by atoms with van der Waals surface area (Å²) >= 11 is 0. The van der Waals surface area contributed by atoms with Gasteiger partial charge in [0.15, 0.2) is 6.23 Å². The van der Waals surface area contributed by atoms with Gasteiger partial charge >= 0.3 is 0 Å². The van der Waals surface area contributed by atoms with E-state index in [1.54, 1.807) is 0 Å². The molecule has 0 aliphatic heterocycles. The van der Waals surface area contributed by atoms with Gasteiger partial charge in [0.25, 0.3) is 0 Å². The second kappa shape index (κ2) is 3.45. The molecule has 0 aromatic heterocycles. The van der Waals surface area contributed by atoms with E-state index in [0.717, 1.165) is 11.1 Å². The minimum Gasteiger partial charge on any atom is -0.367 e. The molecule has 1 atom stereocenters. The zero-order valence-electron chi connectivity index (χ0n) is 7.20. The van der Waals surface area contributed by atoms with Crippen LogP contribution in [0.2, 0.25) is 0 Å². The fraction of sp³-hybridized carbons (Fsp3) is 0.333. The number of benzene rings is 1. The molecule has 0 saturated heterocycles. The molecule has 0 radical (unpaired) electrons. The molecule has 3 nitrogen and oxygen atoms in total. The van der Waals surface area contributed by atoms with Gasteiger partial charge in [0.1, 0.15) is 0 Å². The SMILES string of the molecule is Cc1cc(C)cc([C@@H](O)N=N)c1. The lowest BCUT2D eigenvalue weighted by atomic mass is 10.1. The number of hydrogen-bond acceptors (Lipinski definition) is 3. The minimum absolute atomic E-state index is 0.683. The third-order valence-electron chi connectivity index (χ3n) is 1.66. The largest absolute Gasteiger partial charge is 0.367 e. The number of rotatable bonds is 2. The van der Waals surface area contributed by atoms with Crippen LogP contribution in [0.1, 0.15) is 22.9 Å². The molecular formula is C9H12N2O. The van der Waals surface area contributed by atoms with Crippen LogP contribution in [0.15, 0.2) is 23.3 Å². The highest BCUT2D eigenvalue weighted by molar-refractivity contribution is 5.29. The summed E-state index contributed by atoms with van der Waals surface area (Å²) in [4.78, 5) is 0. The number of aliphatic hydroxyl groups is 1. The van der Waals surface area contributed by atoms with Gasteiger partial charge in [-0.05, 0) is 13.8 Å². The summed E-state index contributed by atoms with van der Waals surface area (Å²) in [5.74, 6) is 0. The molecule has 3 heteroatoms. The van der Waals surface area contributed by atoms with Crippen LogP contribution in [0.3, 0.4) is 0 Å². The van der Waals surface area contributed by atoms with Crippen LogP contribution in [0, 0.1) is 19.4 Å². The quantitative estimate of drug-likeness (QED) is 0.647. The first kappa shape index (κ1) is 8.87. The maximum atomic E-state index is 9.22. The average molecular weight is 164 g/mol. The molecule has 1 aromatic carbocycles. The van der Waals surface area contributed by atoms with Crippen LogP contribution in [0.4, 0.5) is 0 Å². The fourth-order valence-corrected chi connectivity index (χ4v) is 1.23. The molecule has 0 aliphatic rings. The van der Waals surface area contributed by atoms with Gasteiger partial charge in [-0.2, -0.15) is 5.11 Å². The zero-order chi connectivity index (χ0) is 9.14. The van der Waals surface area contributed by atoms with Gasteiger partial charge in [-0.15, -0.1) is 0 Å². The highest BCUT2D eigenvalue weighted by Crippen LogP contribution is 2.17. The third kappa shape index (κ3) is 1.89. The Balaban J connectivity index is 3.08. The molecule has 64 valence electrons. The second-order valence-electron chi connectivity index (χ2n) is 2.92. The number of hydrogen-bond donors (Lipinski definition) is 2. The van der Waals surface area contributed by atoms with Gasteiger partial charge in [-0.3, -0.25) is 0 Å². The normalized spacial score (nSPS) is 12.6. The van der Waals surface area contributed by atoms with Gasteiger partial charge in [0, 0.05) is 5.56 Å². The highest BCUT2D eigenvalue weighted by Gasteiger charge is 2.04. The van der Waals surface area contributed by atoms with Crippen LogP contribution in [-0.4, -0.2) is 5.11 Å². The Morgan fingerprint density at radius 1 is 1.25 bits per heavy atom. The topological polar surface area (TPSA) is 56.4 Å². The van der Waals surface area contributed by atoms with Crippen molar-refractivity contribution in [3.8, 4) is 0 Å². The van der Waals surface area contributed by atoms with Crippen molar-refractivity contribution in [2.45, 2.75) is 20.1 Å². The van der Waals surface area contributed by atoms with E-state index in [4.69, 9.17) is 5.53 Å². The lowest BCUT2D eigenvalue weighted by molar-refractivity contribution is 0.176. The molecule has 0 saturated carbocycles. The van der Waals surface area contributed by atoms with Crippen LogP contribution in [0.5, 0.6) is 0 Å². The predicted octanol–water partition coefficient (Wildman–Crippen LogP) is 2.33. The Kier molecular flexibility index (Phi) is 2.55. The van der Waals surface area contributed by atoms with E-state index < -0.39 is 6.23 Å². The lowest BCUT2D eigenvalue weighted by Crippen LogP contribution is -1.93. The molecule has 0 aliphatic carbocycles. The van der Waals surface area contributed by atoms with Crippen molar-refractivity contribution in [2.24, 2.45) is 5.11 Å². The Hall–Kier alpha value is -1.22. The minimum atomic E-state index is -1.01. The van der Waals surface area contributed by atoms with E-state index in [0.29, 0.717) is 5.56 Å². The van der Waals surface area contributed by atoms with Gasteiger partial charge in [0.05, 0.1) is 0 Å². The number of nitrogens with zero attached hydrogens (tertiary/aromatic N) is 1. The predicted molar refractivity (Wildman–Crippen MR) is 46.0 cm³/mol. The second-order valence-corrected chi connectivity index (χ2v) is 2.92. The molecular weight excluding hydrogens is 152 g/mol. The maximum absolute atomic E-state index is 9.22. The monoisotopic (exact) mass is 164 g/mol. The molecule has 0 heterocycles. The van der Waals surface area contributed by atoms with Crippen molar-refractivity contribution >= 4 is 0 Å². The highest BCUT2D eigenvalue weighted by atomic mass is 16.3. The standard InChI is InChI=1S/C9H12N2O/c1-6-3-7(2)5-8(4-6)9(12)11-10/h3-5,9-10,12H,1-2H3/t9-/m1/s1. The molecule has 2 N–H and O–H groups in total. The fourth-order valence-electron chi connectivity index (χ4n) is 1.23. The molecule has 0 fully saturated rings. The summed E-state index contributed by atoms with van der Waals surface area (Å²) in [5.41, 5.74) is 9.50.